The summed E-state index contributed by atoms with van der Waals surface area (Å²) in [7, 11) is 0. The average Bonchev–Trinajstić information content (AvgIpc) is 2.93. The predicted octanol–water partition coefficient (Wildman–Crippen LogP) is 8.56. The summed E-state index contributed by atoms with van der Waals surface area (Å²) < 4.78 is 0. The summed E-state index contributed by atoms with van der Waals surface area (Å²) in [5.74, 6) is 2.61. The second-order valence-electron chi connectivity index (χ2n) is 11.3. The van der Waals surface area contributed by atoms with Crippen LogP contribution in [0, 0.1) is 17.8 Å². The van der Waals surface area contributed by atoms with Crippen LogP contribution in [0.1, 0.15) is 87.7 Å². The van der Waals surface area contributed by atoms with Crippen molar-refractivity contribution in [1.82, 2.24) is 10.2 Å². The lowest BCUT2D eigenvalue weighted by Gasteiger charge is -2.36. The number of benzene rings is 3. The van der Waals surface area contributed by atoms with E-state index in [1.54, 1.807) is 0 Å². The Labute approximate surface area is 220 Å². The van der Waals surface area contributed by atoms with Gasteiger partial charge in [-0.05, 0) is 86.1 Å². The third-order valence-corrected chi connectivity index (χ3v) is 8.61. The molecule has 0 unspecified atom stereocenters. The van der Waals surface area contributed by atoms with Crippen molar-refractivity contribution in [3.05, 3.63) is 107 Å². The molecule has 0 saturated heterocycles. The number of nitrogens with one attached hydrogen (secondary N) is 1. The molecule has 0 heterocycles. The normalized spacial score (nSPS) is 19.9. The van der Waals surface area contributed by atoms with Crippen molar-refractivity contribution in [3.8, 4) is 0 Å². The van der Waals surface area contributed by atoms with Crippen LogP contribution in [0.15, 0.2) is 84.9 Å². The summed E-state index contributed by atoms with van der Waals surface area (Å²) in [5, 5.41) is 3.83. The molecule has 0 radical (unpaired) electrons. The molecule has 3 aromatic carbocycles. The van der Waals surface area contributed by atoms with E-state index >= 15 is 0 Å². The zero-order valence-electron chi connectivity index (χ0n) is 22.9. The van der Waals surface area contributed by atoms with Gasteiger partial charge in [0.05, 0.1) is 0 Å². The van der Waals surface area contributed by atoms with Crippen LogP contribution in [0.5, 0.6) is 0 Å². The van der Waals surface area contributed by atoms with E-state index in [4.69, 9.17) is 0 Å². The zero-order valence-corrected chi connectivity index (χ0v) is 22.9. The lowest BCUT2D eigenvalue weighted by atomic mass is 9.77. The monoisotopic (exact) mass is 482 g/mol. The van der Waals surface area contributed by atoms with Gasteiger partial charge in [-0.1, -0.05) is 98.8 Å². The third-order valence-electron chi connectivity index (χ3n) is 8.61. The van der Waals surface area contributed by atoms with E-state index in [1.807, 2.05) is 0 Å². The summed E-state index contributed by atoms with van der Waals surface area (Å²) in [4.78, 5) is 2.65. The second kappa shape index (κ2) is 13.2. The molecule has 36 heavy (non-hydrogen) atoms. The highest BCUT2D eigenvalue weighted by molar-refractivity contribution is 5.29. The fourth-order valence-corrected chi connectivity index (χ4v) is 6.01. The number of hydrogen-bond acceptors (Lipinski definition) is 2. The Hall–Kier alpha value is -2.42. The molecule has 1 aliphatic carbocycles. The summed E-state index contributed by atoms with van der Waals surface area (Å²) in [5.41, 5.74) is 5.60. The first-order valence-electron chi connectivity index (χ1n) is 14.2. The van der Waals surface area contributed by atoms with Gasteiger partial charge in [0.25, 0.3) is 0 Å². The van der Waals surface area contributed by atoms with Gasteiger partial charge in [0.15, 0.2) is 0 Å². The van der Waals surface area contributed by atoms with Crippen LogP contribution in [-0.4, -0.2) is 11.4 Å². The number of nitrogens with zero attached hydrogens (tertiary/aromatic N) is 1. The second-order valence-corrected chi connectivity index (χ2v) is 11.3. The van der Waals surface area contributed by atoms with Crippen molar-refractivity contribution >= 4 is 0 Å². The molecule has 192 valence electrons. The fourth-order valence-electron chi connectivity index (χ4n) is 6.01. The van der Waals surface area contributed by atoms with Crippen molar-refractivity contribution in [2.45, 2.75) is 78.6 Å². The largest absolute Gasteiger partial charge is 0.312 e. The molecular formula is C34H46N2. The van der Waals surface area contributed by atoms with Gasteiger partial charge in [0.1, 0.15) is 0 Å². The molecule has 1 aliphatic rings. The quantitative estimate of drug-likeness (QED) is 0.294. The van der Waals surface area contributed by atoms with Crippen LogP contribution in [0.25, 0.3) is 0 Å². The van der Waals surface area contributed by atoms with E-state index in [0.717, 1.165) is 37.4 Å². The first kappa shape index (κ1) is 26.6. The van der Waals surface area contributed by atoms with Crippen LogP contribution >= 0.6 is 0 Å². The topological polar surface area (TPSA) is 15.3 Å². The van der Waals surface area contributed by atoms with Gasteiger partial charge >= 0.3 is 0 Å². The molecule has 0 aromatic heterocycles. The van der Waals surface area contributed by atoms with Gasteiger partial charge in [0, 0.05) is 25.2 Å². The van der Waals surface area contributed by atoms with E-state index in [0.29, 0.717) is 12.1 Å². The molecule has 1 N–H and O–H groups in total. The standard InChI is InChI=1S/C34H46N2/c1-26(2)30-21-19-29(20-22-30)23-35-24-33-17-11-12-18-34(33)25-36(27(3)31-13-7-5-8-14-31)28(4)32-15-9-6-10-16-32/h5-18,26-30,35H,19-25H2,1-4H3/t27-,28-,29?,30?/m0/s1. The molecule has 0 aliphatic heterocycles. The Morgan fingerprint density at radius 3 is 1.69 bits per heavy atom. The molecule has 1 fully saturated rings. The van der Waals surface area contributed by atoms with Crippen molar-refractivity contribution < 1.29 is 0 Å². The van der Waals surface area contributed by atoms with Crippen molar-refractivity contribution in [2.75, 3.05) is 6.54 Å². The molecule has 0 amide bonds. The maximum Gasteiger partial charge on any atom is 0.0329 e. The van der Waals surface area contributed by atoms with Gasteiger partial charge in [-0.25, -0.2) is 0 Å². The third kappa shape index (κ3) is 7.08. The minimum absolute atomic E-state index is 0.318. The van der Waals surface area contributed by atoms with Crippen LogP contribution < -0.4 is 5.32 Å². The molecule has 2 heteroatoms. The lowest BCUT2D eigenvalue weighted by Crippen LogP contribution is -2.31. The average molecular weight is 483 g/mol. The first-order chi connectivity index (χ1) is 17.5. The highest BCUT2D eigenvalue weighted by Gasteiger charge is 2.25. The van der Waals surface area contributed by atoms with Gasteiger partial charge in [-0.3, -0.25) is 4.90 Å². The van der Waals surface area contributed by atoms with Gasteiger partial charge in [-0.2, -0.15) is 0 Å². The van der Waals surface area contributed by atoms with Gasteiger partial charge in [-0.15, -0.1) is 0 Å². The summed E-state index contributed by atoms with van der Waals surface area (Å²) in [6.45, 7) is 12.5. The van der Waals surface area contributed by atoms with E-state index in [9.17, 15) is 0 Å². The molecule has 2 atom stereocenters. The van der Waals surface area contributed by atoms with Gasteiger partial charge in [0.2, 0.25) is 0 Å². The summed E-state index contributed by atoms with van der Waals surface area (Å²) in [6.07, 6.45) is 5.58. The van der Waals surface area contributed by atoms with Gasteiger partial charge < -0.3 is 5.32 Å². The molecule has 4 rings (SSSR count). The van der Waals surface area contributed by atoms with E-state index in [1.165, 1.54) is 47.9 Å². The van der Waals surface area contributed by atoms with Crippen LogP contribution in [0.2, 0.25) is 0 Å². The Balaban J connectivity index is 1.45. The summed E-state index contributed by atoms with van der Waals surface area (Å²) in [6, 6.07) is 31.6. The zero-order chi connectivity index (χ0) is 25.3. The number of rotatable bonds is 11. The fraction of sp³-hybridized carbons (Fsp3) is 0.471. The minimum Gasteiger partial charge on any atom is -0.312 e. The summed E-state index contributed by atoms with van der Waals surface area (Å²) >= 11 is 0. The van der Waals surface area contributed by atoms with Crippen molar-refractivity contribution in [2.24, 2.45) is 17.8 Å². The Morgan fingerprint density at radius 2 is 1.17 bits per heavy atom. The van der Waals surface area contributed by atoms with Crippen LogP contribution in [-0.2, 0) is 13.1 Å². The minimum atomic E-state index is 0.318. The maximum atomic E-state index is 3.83. The van der Waals surface area contributed by atoms with Crippen LogP contribution in [0.3, 0.4) is 0 Å². The van der Waals surface area contributed by atoms with E-state index < -0.39 is 0 Å². The molecule has 3 aromatic rings. The highest BCUT2D eigenvalue weighted by Crippen LogP contribution is 2.34. The lowest BCUT2D eigenvalue weighted by molar-refractivity contribution is 0.144. The Bertz CT molecular complexity index is 976. The molecular weight excluding hydrogens is 436 g/mol. The van der Waals surface area contributed by atoms with E-state index in [2.05, 4.69) is 123 Å². The SMILES string of the molecule is CC(C)C1CCC(CNCc2ccccc2CN([C@@H](C)c2ccccc2)[C@@H](C)c2ccccc2)CC1. The number of hydrogen-bond donors (Lipinski definition) is 1. The van der Waals surface area contributed by atoms with Crippen molar-refractivity contribution in [3.63, 3.8) is 0 Å². The van der Waals surface area contributed by atoms with Crippen LogP contribution in [0.4, 0.5) is 0 Å². The molecule has 2 nitrogen and oxygen atoms in total. The first-order valence-corrected chi connectivity index (χ1v) is 14.2. The predicted molar refractivity (Wildman–Crippen MR) is 154 cm³/mol. The molecule has 0 spiro atoms. The Kier molecular flexibility index (Phi) is 9.78. The Morgan fingerprint density at radius 1 is 0.667 bits per heavy atom. The highest BCUT2D eigenvalue weighted by atomic mass is 15.2. The van der Waals surface area contributed by atoms with E-state index in [-0.39, 0.29) is 0 Å². The smallest absolute Gasteiger partial charge is 0.0329 e. The van der Waals surface area contributed by atoms with Crippen molar-refractivity contribution in [1.29, 1.82) is 0 Å². The molecule has 1 saturated carbocycles. The maximum absolute atomic E-state index is 3.83. The molecule has 0 bridgehead atoms.